The van der Waals surface area contributed by atoms with Gasteiger partial charge in [-0.2, -0.15) is 11.8 Å². The molecule has 1 aromatic carbocycles. The number of ether oxygens (including phenoxy) is 2. The van der Waals surface area contributed by atoms with Crippen LogP contribution in [-0.2, 0) is 4.79 Å². The number of thioether (sulfide) groups is 1. The average molecular weight is 358 g/mol. The number of rotatable bonds is 7. The van der Waals surface area contributed by atoms with Crippen molar-refractivity contribution in [2.24, 2.45) is 0 Å². The topological polar surface area (TPSA) is 47.6 Å². The van der Waals surface area contributed by atoms with Crippen LogP contribution in [0, 0.1) is 0 Å². The van der Waals surface area contributed by atoms with Crippen molar-refractivity contribution in [3.8, 4) is 11.5 Å². The summed E-state index contributed by atoms with van der Waals surface area (Å²) in [6, 6.07) is 3.33. The van der Waals surface area contributed by atoms with E-state index in [9.17, 15) is 4.79 Å². The molecule has 0 radical (unpaired) electrons. The van der Waals surface area contributed by atoms with Gasteiger partial charge in [-0.05, 0) is 18.9 Å². The third-order valence-corrected chi connectivity index (χ3v) is 5.66. The molecule has 0 unspecified atom stereocenters. The first-order valence-corrected chi connectivity index (χ1v) is 9.39. The van der Waals surface area contributed by atoms with Crippen molar-refractivity contribution in [2.45, 2.75) is 43.8 Å². The Bertz CT molecular complexity index is 533. The van der Waals surface area contributed by atoms with Gasteiger partial charge in [0.25, 0.3) is 0 Å². The van der Waals surface area contributed by atoms with Crippen LogP contribution in [0.3, 0.4) is 0 Å². The predicted molar refractivity (Wildman–Crippen MR) is 97.1 cm³/mol. The van der Waals surface area contributed by atoms with Crippen molar-refractivity contribution >= 4 is 35.0 Å². The Balaban J connectivity index is 1.85. The summed E-state index contributed by atoms with van der Waals surface area (Å²) in [6.45, 7) is 0. The van der Waals surface area contributed by atoms with Crippen LogP contribution in [0.15, 0.2) is 12.1 Å². The molecule has 0 spiro atoms. The first kappa shape index (κ1) is 18.3. The molecule has 0 bridgehead atoms. The molecule has 1 aromatic rings. The van der Waals surface area contributed by atoms with E-state index < -0.39 is 0 Å². The maximum atomic E-state index is 12.1. The highest BCUT2D eigenvalue weighted by Crippen LogP contribution is 2.36. The molecule has 1 fully saturated rings. The van der Waals surface area contributed by atoms with Gasteiger partial charge in [0, 0.05) is 23.5 Å². The summed E-state index contributed by atoms with van der Waals surface area (Å²) in [6.07, 6.45) is 7.07. The summed E-state index contributed by atoms with van der Waals surface area (Å²) >= 11 is 8.03. The Morgan fingerprint density at radius 3 is 2.57 bits per heavy atom. The number of hydrogen-bond donors (Lipinski definition) is 1. The van der Waals surface area contributed by atoms with E-state index in [2.05, 4.69) is 5.32 Å². The molecule has 0 heterocycles. The zero-order chi connectivity index (χ0) is 16.7. The van der Waals surface area contributed by atoms with E-state index in [4.69, 9.17) is 21.1 Å². The lowest BCUT2D eigenvalue weighted by Crippen LogP contribution is -2.15. The van der Waals surface area contributed by atoms with Crippen molar-refractivity contribution in [1.29, 1.82) is 0 Å². The number of amides is 1. The van der Waals surface area contributed by atoms with Crippen LogP contribution in [0.5, 0.6) is 11.5 Å². The zero-order valence-corrected chi connectivity index (χ0v) is 15.3. The van der Waals surface area contributed by atoms with Crippen LogP contribution in [0.4, 0.5) is 5.69 Å². The Kier molecular flexibility index (Phi) is 7.37. The van der Waals surface area contributed by atoms with Gasteiger partial charge in [0.2, 0.25) is 5.91 Å². The fourth-order valence-corrected chi connectivity index (χ4v) is 4.26. The molecule has 1 aliphatic carbocycles. The van der Waals surface area contributed by atoms with E-state index in [1.807, 2.05) is 11.8 Å². The van der Waals surface area contributed by atoms with E-state index in [-0.39, 0.29) is 5.91 Å². The fourth-order valence-electron chi connectivity index (χ4n) is 2.72. The van der Waals surface area contributed by atoms with Gasteiger partial charge in [-0.15, -0.1) is 0 Å². The van der Waals surface area contributed by atoms with Gasteiger partial charge in [0.15, 0.2) is 0 Å². The maximum absolute atomic E-state index is 12.1. The first-order valence-electron chi connectivity index (χ1n) is 7.97. The van der Waals surface area contributed by atoms with Crippen LogP contribution >= 0.6 is 23.4 Å². The monoisotopic (exact) mass is 357 g/mol. The van der Waals surface area contributed by atoms with Crippen LogP contribution < -0.4 is 14.8 Å². The lowest BCUT2D eigenvalue weighted by atomic mass is 10.0. The number of hydrogen-bond acceptors (Lipinski definition) is 4. The summed E-state index contributed by atoms with van der Waals surface area (Å²) in [5.74, 6) is 1.89. The maximum Gasteiger partial charge on any atom is 0.225 e. The molecule has 1 aliphatic rings. The number of carbonyl (C=O) groups is 1. The summed E-state index contributed by atoms with van der Waals surface area (Å²) in [5, 5.41) is 4.04. The van der Waals surface area contributed by atoms with Gasteiger partial charge < -0.3 is 14.8 Å². The minimum Gasteiger partial charge on any atom is -0.495 e. The SMILES string of the molecule is COc1cc(OC)c(NC(=O)CCSC2CCCCC2)cc1Cl. The summed E-state index contributed by atoms with van der Waals surface area (Å²) in [7, 11) is 3.10. The minimum atomic E-state index is -0.0205. The van der Waals surface area contributed by atoms with Gasteiger partial charge in [-0.3, -0.25) is 4.79 Å². The van der Waals surface area contributed by atoms with Crippen molar-refractivity contribution < 1.29 is 14.3 Å². The normalized spacial score (nSPS) is 15.3. The van der Waals surface area contributed by atoms with E-state index in [0.29, 0.717) is 28.6 Å². The van der Waals surface area contributed by atoms with Crippen LogP contribution in [-0.4, -0.2) is 31.1 Å². The Labute approximate surface area is 147 Å². The Morgan fingerprint density at radius 1 is 1.22 bits per heavy atom. The summed E-state index contributed by atoms with van der Waals surface area (Å²) in [5.41, 5.74) is 0.575. The standard InChI is InChI=1S/C17H24ClNO3S/c1-21-15-11-16(22-2)14(10-13(15)18)19-17(20)8-9-23-12-6-4-3-5-7-12/h10-12H,3-9H2,1-2H3,(H,19,20). The minimum absolute atomic E-state index is 0.0205. The third kappa shape index (κ3) is 5.50. The molecule has 0 aliphatic heterocycles. The van der Waals surface area contributed by atoms with Crippen molar-refractivity contribution in [2.75, 3.05) is 25.3 Å². The molecular weight excluding hydrogens is 334 g/mol. The first-order chi connectivity index (χ1) is 11.1. The van der Waals surface area contributed by atoms with E-state index in [1.165, 1.54) is 32.1 Å². The molecule has 1 amide bonds. The third-order valence-electron chi connectivity index (χ3n) is 3.98. The van der Waals surface area contributed by atoms with E-state index in [0.717, 1.165) is 11.0 Å². The fraction of sp³-hybridized carbons (Fsp3) is 0.588. The lowest BCUT2D eigenvalue weighted by molar-refractivity contribution is -0.115. The molecule has 0 aromatic heterocycles. The van der Waals surface area contributed by atoms with Crippen molar-refractivity contribution in [1.82, 2.24) is 0 Å². The summed E-state index contributed by atoms with van der Waals surface area (Å²) in [4.78, 5) is 12.1. The predicted octanol–water partition coefficient (Wildman–Crippen LogP) is 4.75. The number of nitrogens with one attached hydrogen (secondary N) is 1. The largest absolute Gasteiger partial charge is 0.495 e. The van der Waals surface area contributed by atoms with Gasteiger partial charge in [-0.25, -0.2) is 0 Å². The highest BCUT2D eigenvalue weighted by atomic mass is 35.5. The zero-order valence-electron chi connectivity index (χ0n) is 13.7. The molecule has 128 valence electrons. The van der Waals surface area contributed by atoms with Crippen LogP contribution in [0.25, 0.3) is 0 Å². The van der Waals surface area contributed by atoms with Crippen LogP contribution in [0.1, 0.15) is 38.5 Å². The Hall–Kier alpha value is -1.07. The molecule has 2 rings (SSSR count). The highest BCUT2D eigenvalue weighted by molar-refractivity contribution is 7.99. The summed E-state index contributed by atoms with van der Waals surface area (Å²) < 4.78 is 10.4. The molecule has 6 heteroatoms. The van der Waals surface area contributed by atoms with Gasteiger partial charge >= 0.3 is 0 Å². The molecule has 4 nitrogen and oxygen atoms in total. The highest BCUT2D eigenvalue weighted by Gasteiger charge is 2.15. The Morgan fingerprint density at radius 2 is 1.91 bits per heavy atom. The van der Waals surface area contributed by atoms with Gasteiger partial charge in [0.05, 0.1) is 24.9 Å². The smallest absolute Gasteiger partial charge is 0.225 e. The van der Waals surface area contributed by atoms with Crippen molar-refractivity contribution in [3.05, 3.63) is 17.2 Å². The average Bonchev–Trinajstić information content (AvgIpc) is 2.56. The second-order valence-electron chi connectivity index (χ2n) is 5.62. The number of benzene rings is 1. The number of carbonyl (C=O) groups excluding carboxylic acids is 1. The van der Waals surface area contributed by atoms with Crippen molar-refractivity contribution in [3.63, 3.8) is 0 Å². The molecule has 1 saturated carbocycles. The lowest BCUT2D eigenvalue weighted by Gasteiger charge is -2.20. The second-order valence-corrected chi connectivity index (χ2v) is 7.43. The molecule has 0 saturated heterocycles. The van der Waals surface area contributed by atoms with Crippen LogP contribution in [0.2, 0.25) is 5.02 Å². The van der Waals surface area contributed by atoms with E-state index >= 15 is 0 Å². The van der Waals surface area contributed by atoms with Gasteiger partial charge in [-0.1, -0.05) is 30.9 Å². The quantitative estimate of drug-likeness (QED) is 0.764. The number of methoxy groups -OCH3 is 2. The molecule has 1 N–H and O–H groups in total. The molecular formula is C17H24ClNO3S. The molecule has 23 heavy (non-hydrogen) atoms. The number of anilines is 1. The van der Waals surface area contributed by atoms with Gasteiger partial charge in [0.1, 0.15) is 11.5 Å². The second kappa shape index (κ2) is 9.28. The molecule has 0 atom stereocenters. The van der Waals surface area contributed by atoms with E-state index in [1.54, 1.807) is 26.4 Å². The number of halogens is 1.